The zero-order valence-corrected chi connectivity index (χ0v) is 6.37. The summed E-state index contributed by atoms with van der Waals surface area (Å²) in [4.78, 5) is 10.5. The molecule has 3 heteroatoms. The predicted octanol–water partition coefficient (Wildman–Crippen LogP) is 1.03. The second-order valence-corrected chi connectivity index (χ2v) is 1.86. The summed E-state index contributed by atoms with van der Waals surface area (Å²) >= 11 is 0. The number of nitrogens with zero attached hydrogens (tertiary/aromatic N) is 2. The number of hydrogen-bond donors (Lipinski definition) is 0. The minimum atomic E-state index is 0.0745. The van der Waals surface area contributed by atoms with Gasteiger partial charge in [-0.3, -0.25) is 9.80 Å². The van der Waals surface area contributed by atoms with Crippen molar-refractivity contribution in [1.29, 1.82) is 0 Å². The minimum Gasteiger partial charge on any atom is -0.298 e. The van der Waals surface area contributed by atoms with E-state index in [4.69, 9.17) is 0 Å². The lowest BCUT2D eigenvalue weighted by Crippen LogP contribution is -2.17. The first-order chi connectivity index (χ1) is 4.70. The van der Waals surface area contributed by atoms with E-state index in [9.17, 15) is 4.79 Å². The highest BCUT2D eigenvalue weighted by Crippen LogP contribution is 1.88. The molecule has 0 saturated carbocycles. The standard InChI is InChI=1S/C7H12N2O/c1-4-8-9(5-2)6-7(3)10/h4-5H,2,6H2,1,3H3/b8-4-. The Kier molecular flexibility index (Phi) is 4.20. The van der Waals surface area contributed by atoms with Crippen molar-refractivity contribution in [3.05, 3.63) is 12.8 Å². The van der Waals surface area contributed by atoms with Gasteiger partial charge in [-0.05, 0) is 13.8 Å². The van der Waals surface area contributed by atoms with Gasteiger partial charge in [-0.15, -0.1) is 0 Å². The molecule has 0 spiro atoms. The number of ketones is 1. The third-order valence-electron chi connectivity index (χ3n) is 0.859. The van der Waals surface area contributed by atoms with E-state index in [1.165, 1.54) is 18.1 Å². The summed E-state index contributed by atoms with van der Waals surface area (Å²) in [5.41, 5.74) is 0. The lowest BCUT2D eigenvalue weighted by atomic mass is 10.4. The van der Waals surface area contributed by atoms with Gasteiger partial charge >= 0.3 is 0 Å². The largest absolute Gasteiger partial charge is 0.298 e. The van der Waals surface area contributed by atoms with Gasteiger partial charge in [0.05, 0.1) is 6.54 Å². The molecule has 0 bridgehead atoms. The van der Waals surface area contributed by atoms with E-state index in [-0.39, 0.29) is 5.78 Å². The van der Waals surface area contributed by atoms with Gasteiger partial charge in [-0.1, -0.05) is 6.58 Å². The molecular weight excluding hydrogens is 128 g/mol. The third kappa shape index (κ3) is 3.83. The first-order valence-electron chi connectivity index (χ1n) is 3.08. The van der Waals surface area contributed by atoms with E-state index >= 15 is 0 Å². The monoisotopic (exact) mass is 140 g/mol. The Morgan fingerprint density at radius 1 is 1.80 bits per heavy atom. The summed E-state index contributed by atoms with van der Waals surface area (Å²) in [5, 5.41) is 5.34. The van der Waals surface area contributed by atoms with Crippen molar-refractivity contribution < 1.29 is 4.79 Å². The van der Waals surface area contributed by atoms with E-state index in [0.29, 0.717) is 6.54 Å². The summed E-state index contributed by atoms with van der Waals surface area (Å²) in [6.07, 6.45) is 3.13. The summed E-state index contributed by atoms with van der Waals surface area (Å²) < 4.78 is 0. The first kappa shape index (κ1) is 8.88. The first-order valence-corrected chi connectivity index (χ1v) is 3.08. The fourth-order valence-electron chi connectivity index (χ4n) is 0.529. The average molecular weight is 140 g/mol. The van der Waals surface area contributed by atoms with Crippen molar-refractivity contribution in [3.63, 3.8) is 0 Å². The molecule has 56 valence electrons. The third-order valence-corrected chi connectivity index (χ3v) is 0.859. The quantitative estimate of drug-likeness (QED) is 0.431. The lowest BCUT2D eigenvalue weighted by Gasteiger charge is -2.09. The molecule has 0 atom stereocenters. The maximum atomic E-state index is 10.5. The zero-order valence-electron chi connectivity index (χ0n) is 6.37. The van der Waals surface area contributed by atoms with Crippen molar-refractivity contribution in [2.24, 2.45) is 5.10 Å². The highest BCUT2D eigenvalue weighted by Gasteiger charge is 1.96. The molecule has 3 nitrogen and oxygen atoms in total. The smallest absolute Gasteiger partial charge is 0.151 e. The predicted molar refractivity (Wildman–Crippen MR) is 41.8 cm³/mol. The van der Waals surface area contributed by atoms with Gasteiger partial charge in [0.2, 0.25) is 0 Å². The van der Waals surface area contributed by atoms with Gasteiger partial charge < -0.3 is 0 Å². The van der Waals surface area contributed by atoms with Gasteiger partial charge in [0.1, 0.15) is 0 Å². The number of carbonyl (C=O) groups is 1. The molecule has 0 aromatic heterocycles. The molecule has 10 heavy (non-hydrogen) atoms. The van der Waals surface area contributed by atoms with Crippen LogP contribution in [0.2, 0.25) is 0 Å². The van der Waals surface area contributed by atoms with Gasteiger partial charge in [0.25, 0.3) is 0 Å². The van der Waals surface area contributed by atoms with E-state index in [0.717, 1.165) is 0 Å². The Morgan fingerprint density at radius 2 is 2.40 bits per heavy atom. The molecule has 0 aromatic carbocycles. The summed E-state index contributed by atoms with van der Waals surface area (Å²) in [6, 6.07) is 0. The fraction of sp³-hybridized carbons (Fsp3) is 0.429. The average Bonchev–Trinajstić information content (AvgIpc) is 1.86. The zero-order chi connectivity index (χ0) is 7.98. The molecule has 0 aliphatic heterocycles. The summed E-state index contributed by atoms with van der Waals surface area (Å²) in [5.74, 6) is 0.0745. The van der Waals surface area contributed by atoms with Crippen molar-refractivity contribution in [2.75, 3.05) is 6.54 Å². The molecule has 0 rings (SSSR count). The number of carbonyl (C=O) groups excluding carboxylic acids is 1. The summed E-state index contributed by atoms with van der Waals surface area (Å²) in [6.45, 7) is 7.10. The highest BCUT2D eigenvalue weighted by atomic mass is 16.1. The number of hydrazone groups is 1. The van der Waals surface area contributed by atoms with E-state index in [2.05, 4.69) is 11.7 Å². The molecule has 0 heterocycles. The molecule has 0 N–H and O–H groups in total. The number of hydrogen-bond acceptors (Lipinski definition) is 3. The van der Waals surface area contributed by atoms with Gasteiger partial charge in [-0.2, -0.15) is 5.10 Å². The number of rotatable bonds is 4. The van der Waals surface area contributed by atoms with Crippen LogP contribution in [0.5, 0.6) is 0 Å². The maximum Gasteiger partial charge on any atom is 0.151 e. The van der Waals surface area contributed by atoms with E-state index < -0.39 is 0 Å². The molecular formula is C7H12N2O. The van der Waals surface area contributed by atoms with Crippen molar-refractivity contribution in [3.8, 4) is 0 Å². The lowest BCUT2D eigenvalue weighted by molar-refractivity contribution is -0.117. The van der Waals surface area contributed by atoms with Crippen LogP contribution in [0, 0.1) is 0 Å². The van der Waals surface area contributed by atoms with Crippen LogP contribution in [0.3, 0.4) is 0 Å². The van der Waals surface area contributed by atoms with Gasteiger partial charge in [0.15, 0.2) is 5.78 Å². The Labute approximate surface area is 61.0 Å². The molecule has 0 radical (unpaired) electrons. The Balaban J connectivity index is 3.83. The van der Waals surface area contributed by atoms with E-state index in [1.54, 1.807) is 13.1 Å². The molecule has 0 fully saturated rings. The highest BCUT2D eigenvalue weighted by molar-refractivity contribution is 5.77. The Morgan fingerprint density at radius 3 is 2.70 bits per heavy atom. The van der Waals surface area contributed by atoms with Gasteiger partial charge in [0, 0.05) is 12.4 Å². The SMILES string of the molecule is C=CN(CC(C)=O)/N=C\C. The van der Waals surface area contributed by atoms with Crippen molar-refractivity contribution in [2.45, 2.75) is 13.8 Å². The van der Waals surface area contributed by atoms with Crippen LogP contribution in [0.4, 0.5) is 0 Å². The molecule has 0 unspecified atom stereocenters. The minimum absolute atomic E-state index is 0.0745. The van der Waals surface area contributed by atoms with Crippen molar-refractivity contribution in [1.82, 2.24) is 5.01 Å². The number of Topliss-reactive ketones (excluding diaryl/α,β-unsaturated/α-hetero) is 1. The fourth-order valence-corrected chi connectivity index (χ4v) is 0.529. The van der Waals surface area contributed by atoms with Gasteiger partial charge in [-0.25, -0.2) is 0 Å². The molecule has 0 amide bonds. The molecule has 0 aliphatic rings. The van der Waals surface area contributed by atoms with Crippen LogP contribution in [-0.2, 0) is 4.79 Å². The Bertz CT molecular complexity index is 152. The van der Waals surface area contributed by atoms with Crippen LogP contribution in [-0.4, -0.2) is 23.6 Å². The van der Waals surface area contributed by atoms with Crippen LogP contribution < -0.4 is 0 Å². The normalized spacial score (nSPS) is 9.80. The second kappa shape index (κ2) is 4.73. The molecule has 0 aromatic rings. The van der Waals surface area contributed by atoms with Crippen LogP contribution in [0.15, 0.2) is 17.9 Å². The van der Waals surface area contributed by atoms with E-state index in [1.807, 2.05) is 0 Å². The molecule has 0 aliphatic carbocycles. The van der Waals surface area contributed by atoms with Crippen LogP contribution >= 0.6 is 0 Å². The topological polar surface area (TPSA) is 32.7 Å². The maximum absolute atomic E-state index is 10.5. The second-order valence-electron chi connectivity index (χ2n) is 1.86. The van der Waals surface area contributed by atoms with Crippen molar-refractivity contribution >= 4 is 12.0 Å². The van der Waals surface area contributed by atoms with Crippen LogP contribution in [0.1, 0.15) is 13.8 Å². The van der Waals surface area contributed by atoms with Crippen LogP contribution in [0.25, 0.3) is 0 Å². The molecule has 0 saturated heterocycles. The Hall–Kier alpha value is -1.12. The summed E-state index contributed by atoms with van der Waals surface area (Å²) in [7, 11) is 0.